The number of nitrogens with zero attached hydrogens (tertiary/aromatic N) is 3. The summed E-state index contributed by atoms with van der Waals surface area (Å²) in [7, 11) is 4.02. The zero-order valence-corrected chi connectivity index (χ0v) is 11.5. The summed E-state index contributed by atoms with van der Waals surface area (Å²) in [6.45, 7) is 0.754. The number of aromatic nitrogens is 2. The van der Waals surface area contributed by atoms with Gasteiger partial charge in [-0.1, -0.05) is 0 Å². The maximum absolute atomic E-state index is 12.2. The van der Waals surface area contributed by atoms with Crippen LogP contribution in [0.1, 0.15) is 18.4 Å². The number of hydrogen-bond acceptors (Lipinski definition) is 4. The summed E-state index contributed by atoms with van der Waals surface area (Å²) >= 11 is 0. The summed E-state index contributed by atoms with van der Waals surface area (Å²) in [6, 6.07) is 0.305. The predicted octanol–water partition coefficient (Wildman–Crippen LogP) is -0.134. The van der Waals surface area contributed by atoms with Gasteiger partial charge in [0.1, 0.15) is 0 Å². The maximum Gasteiger partial charge on any atom is 0.223 e. The number of carbonyl (C=O) groups is 1. The van der Waals surface area contributed by atoms with Crippen molar-refractivity contribution in [3.63, 3.8) is 0 Å². The Morgan fingerprint density at radius 2 is 2.42 bits per heavy atom. The lowest BCUT2D eigenvalue weighted by Crippen LogP contribution is -2.38. The molecule has 0 aromatic carbocycles. The van der Waals surface area contributed by atoms with Crippen molar-refractivity contribution in [2.45, 2.75) is 31.3 Å². The van der Waals surface area contributed by atoms with Crippen LogP contribution in [0.3, 0.4) is 0 Å². The van der Waals surface area contributed by atoms with Gasteiger partial charge in [-0.15, -0.1) is 0 Å². The second kappa shape index (κ2) is 6.16. The third-order valence-electron chi connectivity index (χ3n) is 3.84. The topological polar surface area (TPSA) is 72.5 Å². The quantitative estimate of drug-likeness (QED) is 0.778. The van der Waals surface area contributed by atoms with Gasteiger partial charge >= 0.3 is 0 Å². The van der Waals surface area contributed by atoms with E-state index in [1.807, 2.05) is 25.2 Å². The van der Waals surface area contributed by atoms with Gasteiger partial charge in [0.05, 0.1) is 18.8 Å². The normalized spacial score (nSPS) is 23.3. The smallest absolute Gasteiger partial charge is 0.223 e. The molecule has 6 heteroatoms. The van der Waals surface area contributed by atoms with Gasteiger partial charge in [0.15, 0.2) is 0 Å². The molecule has 1 aromatic heterocycles. The largest absolute Gasteiger partial charge is 0.394 e. The SMILES string of the molecule is CN(C)[C@@H]1C[C@@H](CO)N(C(=O)CCc2cn[nH]c2)C1. The van der Waals surface area contributed by atoms with Gasteiger partial charge in [-0.25, -0.2) is 0 Å². The van der Waals surface area contributed by atoms with Gasteiger partial charge in [0.25, 0.3) is 0 Å². The van der Waals surface area contributed by atoms with E-state index in [-0.39, 0.29) is 18.6 Å². The van der Waals surface area contributed by atoms with Crippen molar-refractivity contribution in [2.24, 2.45) is 0 Å². The first kappa shape index (κ1) is 14.0. The Labute approximate surface area is 113 Å². The molecule has 1 saturated heterocycles. The van der Waals surface area contributed by atoms with E-state index in [1.54, 1.807) is 6.20 Å². The number of rotatable bonds is 5. The number of aliphatic hydroxyl groups excluding tert-OH is 1. The molecule has 0 aliphatic carbocycles. The zero-order valence-electron chi connectivity index (χ0n) is 11.5. The zero-order chi connectivity index (χ0) is 13.8. The highest BCUT2D eigenvalue weighted by Gasteiger charge is 2.35. The molecule has 1 fully saturated rings. The number of H-pyrrole nitrogens is 1. The molecule has 2 rings (SSSR count). The van der Waals surface area contributed by atoms with Crippen LogP contribution in [-0.4, -0.2) is 70.3 Å². The molecule has 0 saturated carbocycles. The molecule has 1 amide bonds. The number of aliphatic hydroxyl groups is 1. The molecule has 0 unspecified atom stereocenters. The summed E-state index contributed by atoms with van der Waals surface area (Å²) in [5, 5.41) is 16.0. The molecule has 0 radical (unpaired) electrons. The fourth-order valence-electron chi connectivity index (χ4n) is 2.55. The average molecular weight is 266 g/mol. The molecule has 0 bridgehead atoms. The van der Waals surface area contributed by atoms with Crippen molar-refractivity contribution in [3.05, 3.63) is 18.0 Å². The van der Waals surface area contributed by atoms with Gasteiger partial charge in [0, 0.05) is 25.2 Å². The number of hydrogen-bond donors (Lipinski definition) is 2. The van der Waals surface area contributed by atoms with Crippen LogP contribution in [0.15, 0.2) is 12.4 Å². The monoisotopic (exact) mass is 266 g/mol. The first-order chi connectivity index (χ1) is 9.11. The summed E-state index contributed by atoms with van der Waals surface area (Å²) in [4.78, 5) is 16.2. The fourth-order valence-corrected chi connectivity index (χ4v) is 2.55. The molecule has 1 aliphatic rings. The van der Waals surface area contributed by atoms with E-state index in [0.717, 1.165) is 12.0 Å². The van der Waals surface area contributed by atoms with Gasteiger partial charge in [-0.3, -0.25) is 9.89 Å². The number of aromatic amines is 1. The molecule has 6 nitrogen and oxygen atoms in total. The van der Waals surface area contributed by atoms with Crippen molar-refractivity contribution in [2.75, 3.05) is 27.2 Å². The predicted molar refractivity (Wildman–Crippen MR) is 71.6 cm³/mol. The summed E-state index contributed by atoms with van der Waals surface area (Å²) < 4.78 is 0. The summed E-state index contributed by atoms with van der Waals surface area (Å²) in [6.07, 6.45) is 5.56. The number of aryl methyl sites for hydroxylation is 1. The Morgan fingerprint density at radius 1 is 1.63 bits per heavy atom. The molecule has 19 heavy (non-hydrogen) atoms. The van der Waals surface area contributed by atoms with Crippen LogP contribution in [0.2, 0.25) is 0 Å². The van der Waals surface area contributed by atoms with Crippen molar-refractivity contribution in [1.29, 1.82) is 0 Å². The Bertz CT molecular complexity index is 405. The standard InChI is InChI=1S/C13H22N4O2/c1-16(2)11-5-12(9-18)17(8-11)13(19)4-3-10-6-14-15-7-10/h6-7,11-12,18H,3-5,8-9H2,1-2H3,(H,14,15)/t11-,12+/m1/s1. The van der Waals surface area contributed by atoms with Crippen LogP contribution in [0.4, 0.5) is 0 Å². The van der Waals surface area contributed by atoms with E-state index in [4.69, 9.17) is 0 Å². The van der Waals surface area contributed by atoms with Crippen LogP contribution in [0, 0.1) is 0 Å². The number of amides is 1. The number of likely N-dealkylation sites (tertiary alicyclic amines) is 1. The first-order valence-corrected chi connectivity index (χ1v) is 6.66. The van der Waals surface area contributed by atoms with E-state index in [0.29, 0.717) is 25.4 Å². The highest BCUT2D eigenvalue weighted by atomic mass is 16.3. The van der Waals surface area contributed by atoms with Gasteiger partial charge in [-0.2, -0.15) is 5.10 Å². The second-order valence-electron chi connectivity index (χ2n) is 5.34. The van der Waals surface area contributed by atoms with E-state index in [1.165, 1.54) is 0 Å². The Morgan fingerprint density at radius 3 is 3.00 bits per heavy atom. The first-order valence-electron chi connectivity index (χ1n) is 6.66. The third-order valence-corrected chi connectivity index (χ3v) is 3.84. The van der Waals surface area contributed by atoms with Crippen LogP contribution >= 0.6 is 0 Å². The number of carbonyl (C=O) groups excluding carboxylic acids is 1. The van der Waals surface area contributed by atoms with Crippen LogP contribution in [0.5, 0.6) is 0 Å². The Balaban J connectivity index is 1.90. The molecule has 2 atom stereocenters. The molecular weight excluding hydrogens is 244 g/mol. The maximum atomic E-state index is 12.2. The lowest BCUT2D eigenvalue weighted by Gasteiger charge is -2.23. The lowest BCUT2D eigenvalue weighted by molar-refractivity contribution is -0.132. The highest BCUT2D eigenvalue weighted by Crippen LogP contribution is 2.21. The lowest BCUT2D eigenvalue weighted by atomic mass is 10.1. The van der Waals surface area contributed by atoms with Crippen LogP contribution < -0.4 is 0 Å². The van der Waals surface area contributed by atoms with E-state index >= 15 is 0 Å². The molecule has 1 aliphatic heterocycles. The van der Waals surface area contributed by atoms with Gasteiger partial charge in [-0.05, 0) is 32.5 Å². The molecule has 1 aromatic rings. The molecule has 2 heterocycles. The second-order valence-corrected chi connectivity index (χ2v) is 5.34. The molecule has 0 spiro atoms. The van der Waals surface area contributed by atoms with E-state index < -0.39 is 0 Å². The Hall–Kier alpha value is -1.40. The van der Waals surface area contributed by atoms with Crippen LogP contribution in [-0.2, 0) is 11.2 Å². The Kier molecular flexibility index (Phi) is 4.55. The van der Waals surface area contributed by atoms with Crippen LogP contribution in [0.25, 0.3) is 0 Å². The van der Waals surface area contributed by atoms with Crippen molar-refractivity contribution >= 4 is 5.91 Å². The number of likely N-dealkylation sites (N-methyl/N-ethyl adjacent to an activating group) is 1. The van der Waals surface area contributed by atoms with Crippen molar-refractivity contribution < 1.29 is 9.90 Å². The fraction of sp³-hybridized carbons (Fsp3) is 0.692. The average Bonchev–Trinajstić information content (AvgIpc) is 3.04. The highest BCUT2D eigenvalue weighted by molar-refractivity contribution is 5.77. The molecule has 106 valence electrons. The summed E-state index contributed by atoms with van der Waals surface area (Å²) in [5.74, 6) is 0.115. The summed E-state index contributed by atoms with van der Waals surface area (Å²) in [5.41, 5.74) is 1.04. The van der Waals surface area contributed by atoms with Gasteiger partial charge in [0.2, 0.25) is 5.91 Å². The minimum Gasteiger partial charge on any atom is -0.394 e. The van der Waals surface area contributed by atoms with Crippen molar-refractivity contribution in [1.82, 2.24) is 20.0 Å². The minimum atomic E-state index is -0.0377. The number of nitrogens with one attached hydrogen (secondary N) is 1. The third kappa shape index (κ3) is 3.33. The molecular formula is C13H22N4O2. The van der Waals surface area contributed by atoms with Gasteiger partial charge < -0.3 is 14.9 Å². The van der Waals surface area contributed by atoms with Crippen molar-refractivity contribution in [3.8, 4) is 0 Å². The van der Waals surface area contributed by atoms with E-state index in [2.05, 4.69) is 15.1 Å². The molecule has 2 N–H and O–H groups in total. The minimum absolute atomic E-state index is 0.0377. The van der Waals surface area contributed by atoms with E-state index in [9.17, 15) is 9.90 Å².